The van der Waals surface area contributed by atoms with Gasteiger partial charge < -0.3 is 19.2 Å². The van der Waals surface area contributed by atoms with Gasteiger partial charge in [0.2, 0.25) is 0 Å². The molecule has 0 bridgehead atoms. The molecule has 3 aromatic rings. The molecule has 1 unspecified atom stereocenters. The van der Waals surface area contributed by atoms with Gasteiger partial charge in [-0.05, 0) is 31.4 Å². The van der Waals surface area contributed by atoms with Crippen molar-refractivity contribution in [2.75, 3.05) is 12.4 Å². The average Bonchev–Trinajstić information content (AvgIpc) is 3.38. The van der Waals surface area contributed by atoms with Crippen LogP contribution in [0.1, 0.15) is 45.4 Å². The van der Waals surface area contributed by atoms with E-state index in [9.17, 15) is 9.59 Å². The number of fused-ring (bicyclic) bond motifs is 3. The molecule has 1 heterocycles. The maximum Gasteiger partial charge on any atom is 0.306 e. The minimum atomic E-state index is -0.892. The third-order valence-electron chi connectivity index (χ3n) is 5.87. The number of furan rings is 1. The monoisotopic (exact) mass is 409 g/mol. The molecule has 158 valence electrons. The summed E-state index contributed by atoms with van der Waals surface area (Å²) in [6, 6.07) is 11.3. The van der Waals surface area contributed by atoms with Gasteiger partial charge in [0.15, 0.2) is 6.10 Å². The Hall–Kier alpha value is -3.02. The number of para-hydroxylation sites is 1. The van der Waals surface area contributed by atoms with Gasteiger partial charge in [-0.25, -0.2) is 0 Å². The second-order valence-electron chi connectivity index (χ2n) is 7.96. The molecular formula is C24H27NO5. The SMILES string of the molecule is COc1cc2c(cc1NC(=O)C(C)OC(=O)CCC1CCCC1)oc1ccccc12. The van der Waals surface area contributed by atoms with E-state index in [0.29, 0.717) is 29.4 Å². The molecule has 1 fully saturated rings. The minimum Gasteiger partial charge on any atom is -0.495 e. The van der Waals surface area contributed by atoms with E-state index in [2.05, 4.69) is 5.32 Å². The van der Waals surface area contributed by atoms with Crippen LogP contribution in [0.4, 0.5) is 5.69 Å². The van der Waals surface area contributed by atoms with E-state index in [1.54, 1.807) is 20.1 Å². The maximum absolute atomic E-state index is 12.6. The molecule has 1 atom stereocenters. The van der Waals surface area contributed by atoms with Crippen molar-refractivity contribution in [3.63, 3.8) is 0 Å². The van der Waals surface area contributed by atoms with Crippen LogP contribution in [0.5, 0.6) is 5.75 Å². The van der Waals surface area contributed by atoms with Crippen LogP contribution in [-0.4, -0.2) is 25.1 Å². The van der Waals surface area contributed by atoms with Crippen LogP contribution in [-0.2, 0) is 14.3 Å². The second kappa shape index (κ2) is 8.78. The van der Waals surface area contributed by atoms with E-state index >= 15 is 0 Å². The first-order valence-corrected chi connectivity index (χ1v) is 10.5. The summed E-state index contributed by atoms with van der Waals surface area (Å²) in [6.07, 6.45) is 5.17. The molecule has 1 aromatic heterocycles. The highest BCUT2D eigenvalue weighted by molar-refractivity contribution is 6.08. The first-order chi connectivity index (χ1) is 14.5. The highest BCUT2D eigenvalue weighted by atomic mass is 16.5. The lowest BCUT2D eigenvalue weighted by Crippen LogP contribution is -2.30. The Morgan fingerprint density at radius 2 is 1.90 bits per heavy atom. The zero-order valence-electron chi connectivity index (χ0n) is 17.4. The molecule has 1 aliphatic rings. The Morgan fingerprint density at radius 3 is 2.67 bits per heavy atom. The molecule has 1 N–H and O–H groups in total. The van der Waals surface area contributed by atoms with Crippen molar-refractivity contribution in [2.24, 2.45) is 5.92 Å². The predicted molar refractivity (Wildman–Crippen MR) is 116 cm³/mol. The quantitative estimate of drug-likeness (QED) is 0.526. The molecule has 2 aromatic carbocycles. The van der Waals surface area contributed by atoms with Gasteiger partial charge in [0.05, 0.1) is 12.8 Å². The molecule has 30 heavy (non-hydrogen) atoms. The number of methoxy groups -OCH3 is 1. The molecule has 1 aliphatic carbocycles. The molecule has 0 aliphatic heterocycles. The van der Waals surface area contributed by atoms with Crippen LogP contribution in [0.15, 0.2) is 40.8 Å². The Morgan fingerprint density at radius 1 is 1.13 bits per heavy atom. The maximum atomic E-state index is 12.6. The normalized spacial score (nSPS) is 15.4. The lowest BCUT2D eigenvalue weighted by molar-refractivity contribution is -0.153. The summed E-state index contributed by atoms with van der Waals surface area (Å²) in [6.45, 7) is 1.58. The summed E-state index contributed by atoms with van der Waals surface area (Å²) in [4.78, 5) is 24.7. The summed E-state index contributed by atoms with van der Waals surface area (Å²) in [5, 5.41) is 4.69. The van der Waals surface area contributed by atoms with Gasteiger partial charge in [0.25, 0.3) is 5.91 Å². The van der Waals surface area contributed by atoms with Crippen LogP contribution in [0.25, 0.3) is 21.9 Å². The number of nitrogens with one attached hydrogen (secondary N) is 1. The number of hydrogen-bond donors (Lipinski definition) is 1. The lowest BCUT2D eigenvalue weighted by atomic mass is 10.0. The molecule has 6 nitrogen and oxygen atoms in total. The van der Waals surface area contributed by atoms with Crippen molar-refractivity contribution in [1.29, 1.82) is 0 Å². The van der Waals surface area contributed by atoms with Gasteiger partial charge in [0.1, 0.15) is 16.9 Å². The number of benzene rings is 2. The van der Waals surface area contributed by atoms with Crippen LogP contribution >= 0.6 is 0 Å². The topological polar surface area (TPSA) is 77.8 Å². The van der Waals surface area contributed by atoms with Gasteiger partial charge in [-0.3, -0.25) is 9.59 Å². The van der Waals surface area contributed by atoms with Crippen molar-refractivity contribution in [2.45, 2.75) is 51.6 Å². The Bertz CT molecular complexity index is 1060. The van der Waals surface area contributed by atoms with Crippen LogP contribution in [0.2, 0.25) is 0 Å². The van der Waals surface area contributed by atoms with E-state index in [0.717, 1.165) is 22.8 Å². The predicted octanol–water partition coefficient (Wildman–Crippen LogP) is 5.44. The standard InChI is InChI=1S/C24H27NO5/c1-15(29-23(26)12-11-16-7-3-4-8-16)24(27)25-19-14-21-18(13-22(19)28-2)17-9-5-6-10-20(17)30-21/h5-6,9-10,13-16H,3-4,7-8,11-12H2,1-2H3,(H,25,27). The number of anilines is 1. The fourth-order valence-corrected chi connectivity index (χ4v) is 4.18. The van der Waals surface area contributed by atoms with Crippen molar-refractivity contribution in [1.82, 2.24) is 0 Å². The zero-order chi connectivity index (χ0) is 21.1. The summed E-state index contributed by atoms with van der Waals surface area (Å²) < 4.78 is 16.7. The average molecular weight is 409 g/mol. The highest BCUT2D eigenvalue weighted by Gasteiger charge is 2.22. The largest absolute Gasteiger partial charge is 0.495 e. The Balaban J connectivity index is 1.43. The number of carbonyl (C=O) groups excluding carboxylic acids is 2. The fourth-order valence-electron chi connectivity index (χ4n) is 4.18. The van der Waals surface area contributed by atoms with E-state index in [4.69, 9.17) is 13.9 Å². The molecule has 6 heteroatoms. The molecule has 0 radical (unpaired) electrons. The van der Waals surface area contributed by atoms with Crippen molar-refractivity contribution in [3.05, 3.63) is 36.4 Å². The van der Waals surface area contributed by atoms with Gasteiger partial charge in [-0.2, -0.15) is 0 Å². The molecule has 0 spiro atoms. The summed E-state index contributed by atoms with van der Waals surface area (Å²) in [7, 11) is 1.55. The smallest absolute Gasteiger partial charge is 0.306 e. The number of amides is 1. The minimum absolute atomic E-state index is 0.329. The number of esters is 1. The zero-order valence-corrected chi connectivity index (χ0v) is 17.4. The first kappa shape index (κ1) is 20.3. The Labute approximate surface area is 175 Å². The Kier molecular flexibility index (Phi) is 5.93. The van der Waals surface area contributed by atoms with Crippen LogP contribution < -0.4 is 10.1 Å². The van der Waals surface area contributed by atoms with E-state index in [1.807, 2.05) is 30.3 Å². The summed E-state index contributed by atoms with van der Waals surface area (Å²) in [5.74, 6) is 0.394. The molecule has 1 amide bonds. The molecule has 4 rings (SSSR count). The number of ether oxygens (including phenoxy) is 2. The van der Waals surface area contributed by atoms with E-state index < -0.39 is 12.0 Å². The van der Waals surface area contributed by atoms with Crippen LogP contribution in [0, 0.1) is 5.92 Å². The van der Waals surface area contributed by atoms with Crippen molar-refractivity contribution in [3.8, 4) is 5.75 Å². The van der Waals surface area contributed by atoms with Crippen molar-refractivity contribution >= 4 is 39.5 Å². The van der Waals surface area contributed by atoms with Crippen LogP contribution in [0.3, 0.4) is 0 Å². The summed E-state index contributed by atoms with van der Waals surface area (Å²) in [5.41, 5.74) is 1.89. The van der Waals surface area contributed by atoms with Crippen molar-refractivity contribution < 1.29 is 23.5 Å². The number of rotatable bonds is 7. The van der Waals surface area contributed by atoms with Gasteiger partial charge in [-0.1, -0.05) is 43.9 Å². The first-order valence-electron chi connectivity index (χ1n) is 10.5. The number of hydrogen-bond acceptors (Lipinski definition) is 5. The molecule has 1 saturated carbocycles. The third-order valence-corrected chi connectivity index (χ3v) is 5.87. The number of carbonyl (C=O) groups is 2. The van der Waals surface area contributed by atoms with Gasteiger partial charge >= 0.3 is 5.97 Å². The molecule has 0 saturated heterocycles. The third kappa shape index (κ3) is 4.27. The molecular weight excluding hydrogens is 382 g/mol. The van der Waals surface area contributed by atoms with Gasteiger partial charge in [0, 0.05) is 23.3 Å². The van der Waals surface area contributed by atoms with Gasteiger partial charge in [-0.15, -0.1) is 0 Å². The van der Waals surface area contributed by atoms with E-state index in [1.165, 1.54) is 25.7 Å². The van der Waals surface area contributed by atoms with E-state index in [-0.39, 0.29) is 5.97 Å². The highest BCUT2D eigenvalue weighted by Crippen LogP contribution is 2.36. The lowest BCUT2D eigenvalue weighted by Gasteiger charge is -2.16. The summed E-state index contributed by atoms with van der Waals surface area (Å²) >= 11 is 0. The second-order valence-corrected chi connectivity index (χ2v) is 7.96. The fraction of sp³-hybridized carbons (Fsp3) is 0.417.